The number of hydrogen-bond donors (Lipinski definition) is 1. The molecule has 96 valence electrons. The van der Waals surface area contributed by atoms with Crippen molar-refractivity contribution in [3.63, 3.8) is 0 Å². The number of aromatic nitrogens is 2. The molecule has 3 rings (SSSR count). The van der Waals surface area contributed by atoms with Crippen molar-refractivity contribution in [2.75, 3.05) is 5.32 Å². The van der Waals surface area contributed by atoms with E-state index in [9.17, 15) is 5.26 Å². The van der Waals surface area contributed by atoms with Crippen LogP contribution in [-0.2, 0) is 0 Å². The number of nitrogens with one attached hydrogen (secondary N) is 1. The van der Waals surface area contributed by atoms with Crippen molar-refractivity contribution in [2.45, 2.75) is 6.92 Å². The van der Waals surface area contributed by atoms with E-state index in [1.54, 1.807) is 18.6 Å². The number of nitriles is 1. The molecule has 0 fully saturated rings. The monoisotopic (exact) mass is 260 g/mol. The van der Waals surface area contributed by atoms with E-state index >= 15 is 0 Å². The van der Waals surface area contributed by atoms with E-state index in [0.29, 0.717) is 5.56 Å². The highest BCUT2D eigenvalue weighted by Gasteiger charge is 2.09. The van der Waals surface area contributed by atoms with E-state index in [1.807, 2.05) is 37.3 Å². The number of rotatable bonds is 2. The van der Waals surface area contributed by atoms with E-state index in [-0.39, 0.29) is 0 Å². The zero-order chi connectivity index (χ0) is 13.9. The van der Waals surface area contributed by atoms with Crippen LogP contribution in [0.5, 0.6) is 0 Å². The molecule has 0 amide bonds. The number of fused-ring (bicyclic) bond motifs is 1. The van der Waals surface area contributed by atoms with Crippen LogP contribution in [0.3, 0.4) is 0 Å². The third-order valence-corrected chi connectivity index (χ3v) is 3.19. The summed E-state index contributed by atoms with van der Waals surface area (Å²) in [6, 6.07) is 11.9. The van der Waals surface area contributed by atoms with Crippen molar-refractivity contribution in [3.8, 4) is 6.07 Å². The quantitative estimate of drug-likeness (QED) is 0.765. The lowest BCUT2D eigenvalue weighted by Crippen LogP contribution is -1.98. The van der Waals surface area contributed by atoms with Gasteiger partial charge in [-0.2, -0.15) is 5.26 Å². The maximum absolute atomic E-state index is 9.28. The third-order valence-electron chi connectivity index (χ3n) is 3.19. The molecule has 3 aromatic rings. The minimum atomic E-state index is 0.520. The fraction of sp³-hybridized carbons (Fsp3) is 0.0625. The highest BCUT2D eigenvalue weighted by atomic mass is 14.9. The van der Waals surface area contributed by atoms with Crippen LogP contribution in [0.4, 0.5) is 11.4 Å². The first kappa shape index (κ1) is 12.1. The summed E-state index contributed by atoms with van der Waals surface area (Å²) in [7, 11) is 0. The number of aryl methyl sites for hydroxylation is 1. The van der Waals surface area contributed by atoms with Gasteiger partial charge < -0.3 is 5.32 Å². The number of para-hydroxylation sites is 1. The summed E-state index contributed by atoms with van der Waals surface area (Å²) >= 11 is 0. The molecule has 1 aromatic carbocycles. The van der Waals surface area contributed by atoms with Crippen LogP contribution in [0.25, 0.3) is 10.9 Å². The van der Waals surface area contributed by atoms with Crippen LogP contribution >= 0.6 is 0 Å². The van der Waals surface area contributed by atoms with Crippen molar-refractivity contribution in [3.05, 3.63) is 60.0 Å². The lowest BCUT2D eigenvalue weighted by molar-refractivity contribution is 1.27. The molecular formula is C16H12N4. The molecule has 20 heavy (non-hydrogen) atoms. The fourth-order valence-corrected chi connectivity index (χ4v) is 2.09. The Labute approximate surface area is 116 Å². The van der Waals surface area contributed by atoms with E-state index in [1.165, 1.54) is 0 Å². The summed E-state index contributed by atoms with van der Waals surface area (Å²) in [5.74, 6) is 0. The second kappa shape index (κ2) is 4.98. The molecule has 0 aliphatic rings. The number of benzene rings is 1. The smallest absolute Gasteiger partial charge is 0.103 e. The molecule has 0 saturated heterocycles. The first-order valence-electron chi connectivity index (χ1n) is 6.25. The van der Waals surface area contributed by atoms with Gasteiger partial charge in [-0.25, -0.2) is 0 Å². The number of nitrogens with zero attached hydrogens (tertiary/aromatic N) is 3. The normalized spacial score (nSPS) is 10.2. The van der Waals surface area contributed by atoms with Gasteiger partial charge in [0.05, 0.1) is 28.7 Å². The lowest BCUT2D eigenvalue weighted by Gasteiger charge is -2.12. The van der Waals surface area contributed by atoms with Crippen molar-refractivity contribution in [1.82, 2.24) is 9.97 Å². The van der Waals surface area contributed by atoms with Gasteiger partial charge in [-0.05, 0) is 24.6 Å². The van der Waals surface area contributed by atoms with Crippen LogP contribution in [0.2, 0.25) is 0 Å². The predicted octanol–water partition coefficient (Wildman–Crippen LogP) is 3.55. The molecular weight excluding hydrogens is 248 g/mol. The number of anilines is 2. The molecule has 0 aliphatic carbocycles. The van der Waals surface area contributed by atoms with Gasteiger partial charge in [0.1, 0.15) is 6.07 Å². The van der Waals surface area contributed by atoms with Crippen molar-refractivity contribution in [2.24, 2.45) is 0 Å². The van der Waals surface area contributed by atoms with Crippen molar-refractivity contribution < 1.29 is 0 Å². The Morgan fingerprint density at radius 1 is 1.15 bits per heavy atom. The molecule has 0 radical (unpaired) electrons. The molecule has 4 heteroatoms. The average Bonchev–Trinajstić information content (AvgIpc) is 2.50. The Balaban J connectivity index is 2.20. The van der Waals surface area contributed by atoms with Gasteiger partial charge in [0.15, 0.2) is 0 Å². The molecule has 4 nitrogen and oxygen atoms in total. The van der Waals surface area contributed by atoms with Crippen LogP contribution in [0.1, 0.15) is 11.1 Å². The highest BCUT2D eigenvalue weighted by Crippen LogP contribution is 2.29. The molecule has 0 bridgehead atoms. The molecule has 0 saturated carbocycles. The van der Waals surface area contributed by atoms with Gasteiger partial charge in [-0.15, -0.1) is 0 Å². The zero-order valence-corrected chi connectivity index (χ0v) is 11.0. The summed E-state index contributed by atoms with van der Waals surface area (Å²) in [6.45, 7) is 2.00. The lowest BCUT2D eigenvalue weighted by atomic mass is 10.1. The number of pyridine rings is 2. The topological polar surface area (TPSA) is 61.6 Å². The Morgan fingerprint density at radius 2 is 2.00 bits per heavy atom. The first-order chi connectivity index (χ1) is 9.79. The summed E-state index contributed by atoms with van der Waals surface area (Å²) in [5.41, 5.74) is 4.11. The average molecular weight is 260 g/mol. The van der Waals surface area contributed by atoms with Gasteiger partial charge in [0.2, 0.25) is 0 Å². The first-order valence-corrected chi connectivity index (χ1v) is 6.25. The molecule has 0 unspecified atom stereocenters. The van der Waals surface area contributed by atoms with E-state index in [0.717, 1.165) is 27.8 Å². The maximum Gasteiger partial charge on any atom is 0.103 e. The van der Waals surface area contributed by atoms with Gasteiger partial charge >= 0.3 is 0 Å². The molecule has 0 spiro atoms. The van der Waals surface area contributed by atoms with Crippen LogP contribution in [0.15, 0.2) is 48.9 Å². The molecule has 2 heterocycles. The second-order valence-electron chi connectivity index (χ2n) is 4.49. The Kier molecular flexibility index (Phi) is 3.02. The van der Waals surface area contributed by atoms with Gasteiger partial charge in [0.25, 0.3) is 0 Å². The number of hydrogen-bond acceptors (Lipinski definition) is 4. The van der Waals surface area contributed by atoms with Crippen molar-refractivity contribution in [1.29, 1.82) is 5.26 Å². The van der Waals surface area contributed by atoms with Crippen LogP contribution in [0, 0.1) is 18.3 Å². The minimum Gasteiger partial charge on any atom is -0.352 e. The molecule has 0 aliphatic heterocycles. The summed E-state index contributed by atoms with van der Waals surface area (Å²) in [4.78, 5) is 8.41. The van der Waals surface area contributed by atoms with Gasteiger partial charge in [0, 0.05) is 17.8 Å². The molecule has 1 N–H and O–H groups in total. The summed E-state index contributed by atoms with van der Waals surface area (Å²) < 4.78 is 0. The largest absolute Gasteiger partial charge is 0.352 e. The standard InChI is InChI=1S/C16H12N4/c1-11-6-7-18-10-15(11)20-16-12(8-17)9-19-14-5-3-2-4-13(14)16/h2-7,9-10H,1H3,(H,19,20). The summed E-state index contributed by atoms with van der Waals surface area (Å²) in [5, 5.41) is 13.5. The van der Waals surface area contributed by atoms with E-state index in [2.05, 4.69) is 21.4 Å². The highest BCUT2D eigenvalue weighted by molar-refractivity contribution is 5.95. The Hall–Kier alpha value is -2.93. The molecule has 0 atom stereocenters. The van der Waals surface area contributed by atoms with E-state index < -0.39 is 0 Å². The second-order valence-corrected chi connectivity index (χ2v) is 4.49. The van der Waals surface area contributed by atoms with Gasteiger partial charge in [-0.1, -0.05) is 18.2 Å². The molecule has 2 aromatic heterocycles. The third kappa shape index (κ3) is 2.06. The van der Waals surface area contributed by atoms with Crippen molar-refractivity contribution >= 4 is 22.3 Å². The minimum absolute atomic E-state index is 0.520. The van der Waals surface area contributed by atoms with Gasteiger partial charge in [-0.3, -0.25) is 9.97 Å². The fourth-order valence-electron chi connectivity index (χ4n) is 2.09. The van der Waals surface area contributed by atoms with Crippen LogP contribution in [-0.4, -0.2) is 9.97 Å². The SMILES string of the molecule is Cc1ccncc1Nc1c(C#N)cnc2ccccc12. The zero-order valence-electron chi connectivity index (χ0n) is 11.0. The Bertz CT molecular complexity index is 818. The van der Waals surface area contributed by atoms with Crippen LogP contribution < -0.4 is 5.32 Å². The Morgan fingerprint density at radius 3 is 2.80 bits per heavy atom. The summed E-state index contributed by atoms with van der Waals surface area (Å²) in [6.07, 6.45) is 5.10. The van der Waals surface area contributed by atoms with E-state index in [4.69, 9.17) is 0 Å². The predicted molar refractivity (Wildman–Crippen MR) is 78.7 cm³/mol. The maximum atomic E-state index is 9.28.